The number of aryl methyl sites for hydroxylation is 2. The molecule has 0 saturated heterocycles. The fraction of sp³-hybridized carbons (Fsp3) is 0.733. The molecule has 96 valence electrons. The lowest BCUT2D eigenvalue weighted by atomic mass is 9.90. The van der Waals surface area contributed by atoms with Gasteiger partial charge in [0.05, 0.1) is 0 Å². The van der Waals surface area contributed by atoms with Crippen LogP contribution in [-0.2, 0) is 19.9 Å². The fourth-order valence-corrected chi connectivity index (χ4v) is 3.14. The lowest BCUT2D eigenvalue weighted by molar-refractivity contribution is 0.180. The maximum atomic E-state index is 2.70. The van der Waals surface area contributed by atoms with E-state index in [4.69, 9.17) is 0 Å². The van der Waals surface area contributed by atoms with E-state index >= 15 is 0 Å². The molecule has 1 aromatic rings. The molecule has 0 saturated carbocycles. The van der Waals surface area contributed by atoms with Gasteiger partial charge in [-0.1, -0.05) is 13.8 Å². The number of nitrogens with zero attached hydrogens (tertiary/aromatic N) is 2. The van der Waals surface area contributed by atoms with Crippen LogP contribution in [-0.4, -0.2) is 28.6 Å². The van der Waals surface area contributed by atoms with Gasteiger partial charge in [0.2, 0.25) is 0 Å². The molecule has 2 heteroatoms. The molecule has 0 spiro atoms. The molecule has 1 unspecified atom stereocenters. The second-order valence-corrected chi connectivity index (χ2v) is 5.41. The summed E-state index contributed by atoms with van der Waals surface area (Å²) in [4.78, 5) is 2.70. The van der Waals surface area contributed by atoms with E-state index in [9.17, 15) is 0 Å². The number of rotatable bonds is 5. The average molecular weight is 234 g/mol. The summed E-state index contributed by atoms with van der Waals surface area (Å²) in [5.41, 5.74) is 3.16. The zero-order chi connectivity index (χ0) is 12.3. The Hall–Kier alpha value is -0.760. The van der Waals surface area contributed by atoms with Crippen LogP contribution < -0.4 is 0 Å². The van der Waals surface area contributed by atoms with E-state index in [1.54, 1.807) is 11.1 Å². The summed E-state index contributed by atoms with van der Waals surface area (Å²) in [6.07, 6.45) is 11.0. The summed E-state index contributed by atoms with van der Waals surface area (Å²) in [5.74, 6) is 0. The smallest absolute Gasteiger partial charge is 0.0139 e. The van der Waals surface area contributed by atoms with Gasteiger partial charge in [-0.2, -0.15) is 0 Å². The highest BCUT2D eigenvalue weighted by Crippen LogP contribution is 2.25. The second kappa shape index (κ2) is 5.72. The van der Waals surface area contributed by atoms with Crippen molar-refractivity contribution in [2.75, 3.05) is 13.1 Å². The molecule has 0 radical (unpaired) electrons. The predicted molar refractivity (Wildman–Crippen MR) is 73.4 cm³/mol. The first-order valence-corrected chi connectivity index (χ1v) is 7.12. The monoisotopic (exact) mass is 234 g/mol. The van der Waals surface area contributed by atoms with Gasteiger partial charge in [0.1, 0.15) is 0 Å². The highest BCUT2D eigenvalue weighted by molar-refractivity contribution is 5.28. The number of aromatic nitrogens is 1. The molecule has 0 aromatic carbocycles. The first-order valence-electron chi connectivity index (χ1n) is 7.12. The van der Waals surface area contributed by atoms with Gasteiger partial charge in [0.15, 0.2) is 0 Å². The standard InChI is InChI=1S/C15H26N2/c1-4-8-17(9-5-2)15-7-6-13-11-16(3)12-14(13)10-15/h11-12,15H,4-10H2,1-3H3. The third kappa shape index (κ3) is 2.92. The Morgan fingerprint density at radius 1 is 1.18 bits per heavy atom. The van der Waals surface area contributed by atoms with Crippen molar-refractivity contribution in [3.05, 3.63) is 23.5 Å². The van der Waals surface area contributed by atoms with Crippen molar-refractivity contribution >= 4 is 0 Å². The topological polar surface area (TPSA) is 8.17 Å². The van der Waals surface area contributed by atoms with Crippen molar-refractivity contribution in [2.45, 2.75) is 52.0 Å². The molecule has 1 aliphatic rings. The summed E-state index contributed by atoms with van der Waals surface area (Å²) in [7, 11) is 2.14. The molecule has 0 bridgehead atoms. The minimum absolute atomic E-state index is 0.782. The van der Waals surface area contributed by atoms with Crippen LogP contribution in [0.25, 0.3) is 0 Å². The molecule has 2 rings (SSSR count). The molecule has 0 N–H and O–H groups in total. The van der Waals surface area contributed by atoms with Crippen LogP contribution in [0.1, 0.15) is 44.2 Å². The normalized spacial score (nSPS) is 19.6. The molecule has 0 aliphatic heterocycles. The fourth-order valence-electron chi connectivity index (χ4n) is 3.14. The Morgan fingerprint density at radius 3 is 2.47 bits per heavy atom. The third-order valence-electron chi connectivity index (χ3n) is 3.87. The van der Waals surface area contributed by atoms with Crippen molar-refractivity contribution in [2.24, 2.45) is 7.05 Å². The molecule has 1 aromatic heterocycles. The van der Waals surface area contributed by atoms with Gasteiger partial charge in [0.25, 0.3) is 0 Å². The molecular weight excluding hydrogens is 208 g/mol. The number of fused-ring (bicyclic) bond motifs is 1. The molecule has 1 aliphatic carbocycles. The Balaban J connectivity index is 2.04. The highest BCUT2D eigenvalue weighted by Gasteiger charge is 2.24. The van der Waals surface area contributed by atoms with E-state index < -0.39 is 0 Å². The lowest BCUT2D eigenvalue weighted by Crippen LogP contribution is -2.40. The van der Waals surface area contributed by atoms with Crippen LogP contribution in [0.15, 0.2) is 12.4 Å². The average Bonchev–Trinajstić information content (AvgIpc) is 2.67. The summed E-state index contributed by atoms with van der Waals surface area (Å²) < 4.78 is 2.22. The van der Waals surface area contributed by atoms with Crippen molar-refractivity contribution < 1.29 is 0 Å². The molecule has 1 atom stereocenters. The van der Waals surface area contributed by atoms with Gasteiger partial charge in [-0.15, -0.1) is 0 Å². The van der Waals surface area contributed by atoms with Crippen LogP contribution >= 0.6 is 0 Å². The second-order valence-electron chi connectivity index (χ2n) is 5.41. The van der Waals surface area contributed by atoms with Gasteiger partial charge in [0, 0.05) is 25.5 Å². The summed E-state index contributed by atoms with van der Waals surface area (Å²) >= 11 is 0. The molecule has 0 amide bonds. The van der Waals surface area contributed by atoms with Crippen molar-refractivity contribution in [1.82, 2.24) is 9.47 Å². The van der Waals surface area contributed by atoms with Crippen LogP contribution in [0.2, 0.25) is 0 Å². The number of hydrogen-bond acceptors (Lipinski definition) is 1. The third-order valence-corrected chi connectivity index (χ3v) is 3.87. The van der Waals surface area contributed by atoms with Gasteiger partial charge in [-0.3, -0.25) is 0 Å². The van der Waals surface area contributed by atoms with Crippen molar-refractivity contribution in [3.8, 4) is 0 Å². The van der Waals surface area contributed by atoms with E-state index in [2.05, 4.69) is 42.8 Å². The van der Waals surface area contributed by atoms with Crippen LogP contribution in [0, 0.1) is 0 Å². The molecular formula is C15H26N2. The van der Waals surface area contributed by atoms with Crippen LogP contribution in [0.5, 0.6) is 0 Å². The van der Waals surface area contributed by atoms with E-state index in [0.29, 0.717) is 0 Å². The van der Waals surface area contributed by atoms with E-state index in [1.807, 2.05) is 0 Å². The predicted octanol–water partition coefficient (Wildman–Crippen LogP) is 3.00. The Labute approximate surface area is 106 Å². The Morgan fingerprint density at radius 2 is 1.82 bits per heavy atom. The van der Waals surface area contributed by atoms with E-state index in [-0.39, 0.29) is 0 Å². The van der Waals surface area contributed by atoms with Gasteiger partial charge in [-0.25, -0.2) is 0 Å². The minimum atomic E-state index is 0.782. The maximum Gasteiger partial charge on any atom is 0.0139 e. The highest BCUT2D eigenvalue weighted by atomic mass is 15.1. The first-order chi connectivity index (χ1) is 8.24. The van der Waals surface area contributed by atoms with Crippen molar-refractivity contribution in [1.29, 1.82) is 0 Å². The Bertz CT molecular complexity index is 348. The molecule has 1 heterocycles. The van der Waals surface area contributed by atoms with Crippen molar-refractivity contribution in [3.63, 3.8) is 0 Å². The van der Waals surface area contributed by atoms with E-state index in [1.165, 1.54) is 45.2 Å². The lowest BCUT2D eigenvalue weighted by Gasteiger charge is -2.34. The summed E-state index contributed by atoms with van der Waals surface area (Å²) in [5, 5.41) is 0. The van der Waals surface area contributed by atoms with Gasteiger partial charge < -0.3 is 9.47 Å². The van der Waals surface area contributed by atoms with Gasteiger partial charge in [-0.05, 0) is 56.3 Å². The first kappa shape index (κ1) is 12.7. The van der Waals surface area contributed by atoms with E-state index in [0.717, 1.165) is 6.04 Å². The Kier molecular flexibility index (Phi) is 4.27. The number of hydrogen-bond donors (Lipinski definition) is 0. The maximum absolute atomic E-state index is 2.70. The molecule has 17 heavy (non-hydrogen) atoms. The zero-order valence-corrected chi connectivity index (χ0v) is 11.6. The van der Waals surface area contributed by atoms with Crippen LogP contribution in [0.3, 0.4) is 0 Å². The molecule has 0 fully saturated rings. The quantitative estimate of drug-likeness (QED) is 0.760. The SMILES string of the molecule is CCCN(CCC)C1CCc2cn(C)cc2C1. The zero-order valence-electron chi connectivity index (χ0n) is 11.6. The van der Waals surface area contributed by atoms with Gasteiger partial charge >= 0.3 is 0 Å². The molecule has 2 nitrogen and oxygen atoms in total. The summed E-state index contributed by atoms with van der Waals surface area (Å²) in [6, 6.07) is 0.782. The van der Waals surface area contributed by atoms with Crippen LogP contribution in [0.4, 0.5) is 0 Å². The summed E-state index contributed by atoms with van der Waals surface area (Å²) in [6.45, 7) is 7.11. The largest absolute Gasteiger partial charge is 0.357 e. The minimum Gasteiger partial charge on any atom is -0.357 e.